The van der Waals surface area contributed by atoms with E-state index in [0.717, 1.165) is 0 Å². The summed E-state index contributed by atoms with van der Waals surface area (Å²) in [4.78, 5) is 8.36. The van der Waals surface area contributed by atoms with Crippen LogP contribution in [0.4, 0.5) is 0 Å². The number of nitrogens with zero attached hydrogens (tertiary/aromatic N) is 2. The Kier molecular flexibility index (Phi) is 3.33. The summed E-state index contributed by atoms with van der Waals surface area (Å²) in [6, 6.07) is 8.61. The highest BCUT2D eigenvalue weighted by molar-refractivity contribution is 9.10. The molecule has 4 nitrogen and oxygen atoms in total. The molecular formula is C10H8BBrN2O2. The highest BCUT2D eigenvalue weighted by atomic mass is 79.9. The Morgan fingerprint density at radius 2 is 1.94 bits per heavy atom. The molecule has 0 saturated carbocycles. The van der Waals surface area contributed by atoms with Gasteiger partial charge in [-0.2, -0.15) is 0 Å². The third kappa shape index (κ3) is 2.47. The molecular weight excluding hydrogens is 271 g/mol. The third-order valence-corrected chi connectivity index (χ3v) is 2.45. The molecule has 2 rings (SSSR count). The van der Waals surface area contributed by atoms with E-state index in [4.69, 9.17) is 10.0 Å². The van der Waals surface area contributed by atoms with Gasteiger partial charge in [0.2, 0.25) is 0 Å². The van der Waals surface area contributed by atoms with E-state index in [0.29, 0.717) is 21.5 Å². The molecule has 2 heterocycles. The molecule has 0 fully saturated rings. The normalized spacial score (nSPS) is 10.2. The highest BCUT2D eigenvalue weighted by Gasteiger charge is 2.14. The maximum Gasteiger partial charge on any atom is 0.488 e. The van der Waals surface area contributed by atoms with E-state index in [1.807, 2.05) is 18.2 Å². The van der Waals surface area contributed by atoms with Crippen molar-refractivity contribution in [1.82, 2.24) is 9.97 Å². The van der Waals surface area contributed by atoms with Crippen molar-refractivity contribution in [2.24, 2.45) is 0 Å². The van der Waals surface area contributed by atoms with Crippen molar-refractivity contribution < 1.29 is 10.0 Å². The summed E-state index contributed by atoms with van der Waals surface area (Å²) in [7, 11) is -1.51. The van der Waals surface area contributed by atoms with Crippen LogP contribution >= 0.6 is 15.9 Å². The van der Waals surface area contributed by atoms with Crippen LogP contribution < -0.4 is 5.46 Å². The zero-order chi connectivity index (χ0) is 11.5. The van der Waals surface area contributed by atoms with Gasteiger partial charge in [0.15, 0.2) is 0 Å². The lowest BCUT2D eigenvalue weighted by atomic mass is 9.80. The van der Waals surface area contributed by atoms with Gasteiger partial charge in [0.1, 0.15) is 4.60 Å². The Hall–Kier alpha value is -1.24. The fourth-order valence-electron chi connectivity index (χ4n) is 1.31. The fraction of sp³-hybridized carbons (Fsp3) is 0. The molecule has 0 aliphatic carbocycles. The number of hydrogen-bond acceptors (Lipinski definition) is 4. The zero-order valence-corrected chi connectivity index (χ0v) is 9.79. The van der Waals surface area contributed by atoms with Crippen molar-refractivity contribution in [3.63, 3.8) is 0 Å². The number of pyridine rings is 2. The van der Waals surface area contributed by atoms with Crippen LogP contribution in [-0.4, -0.2) is 27.1 Å². The SMILES string of the molecule is OB(O)c1cc(Br)nc(-c2ccccn2)c1. The van der Waals surface area contributed by atoms with Gasteiger partial charge in [0.25, 0.3) is 0 Å². The standard InChI is InChI=1S/C10H8BBrN2O2/c12-10-6-7(11(15)16)5-9(14-10)8-3-1-2-4-13-8/h1-6,15-16H. The minimum absolute atomic E-state index is 0.377. The Morgan fingerprint density at radius 3 is 2.56 bits per heavy atom. The summed E-state index contributed by atoms with van der Waals surface area (Å²) >= 11 is 3.22. The molecule has 0 radical (unpaired) electrons. The number of aromatic nitrogens is 2. The average Bonchev–Trinajstić information content (AvgIpc) is 2.29. The van der Waals surface area contributed by atoms with Crippen LogP contribution in [-0.2, 0) is 0 Å². The highest BCUT2D eigenvalue weighted by Crippen LogP contribution is 2.15. The van der Waals surface area contributed by atoms with Gasteiger partial charge in [-0.3, -0.25) is 4.98 Å². The van der Waals surface area contributed by atoms with Gasteiger partial charge in [-0.1, -0.05) is 6.07 Å². The molecule has 0 aliphatic heterocycles. The monoisotopic (exact) mass is 278 g/mol. The van der Waals surface area contributed by atoms with E-state index >= 15 is 0 Å². The lowest BCUT2D eigenvalue weighted by Gasteiger charge is -2.04. The maximum atomic E-state index is 9.11. The minimum Gasteiger partial charge on any atom is -0.423 e. The van der Waals surface area contributed by atoms with Crippen LogP contribution in [0.25, 0.3) is 11.4 Å². The van der Waals surface area contributed by atoms with Crippen LogP contribution in [0.2, 0.25) is 0 Å². The van der Waals surface area contributed by atoms with Gasteiger partial charge in [-0.25, -0.2) is 4.98 Å². The Bertz CT molecular complexity index is 493. The first-order valence-corrected chi connectivity index (χ1v) is 5.41. The fourth-order valence-corrected chi connectivity index (χ4v) is 1.77. The Morgan fingerprint density at radius 1 is 1.12 bits per heavy atom. The van der Waals surface area contributed by atoms with E-state index in [1.165, 1.54) is 0 Å². The largest absolute Gasteiger partial charge is 0.488 e. The maximum absolute atomic E-state index is 9.11. The number of rotatable bonds is 2. The molecule has 0 amide bonds. The first kappa shape index (κ1) is 11.3. The molecule has 6 heteroatoms. The number of hydrogen-bond donors (Lipinski definition) is 2. The minimum atomic E-state index is -1.51. The predicted molar refractivity (Wildman–Crippen MR) is 65.0 cm³/mol. The summed E-state index contributed by atoms with van der Waals surface area (Å²) in [5, 5.41) is 18.2. The molecule has 0 bridgehead atoms. The van der Waals surface area contributed by atoms with Crippen molar-refractivity contribution in [3.8, 4) is 11.4 Å². The molecule has 2 aromatic rings. The molecule has 0 unspecified atom stereocenters. The van der Waals surface area contributed by atoms with Gasteiger partial charge in [0, 0.05) is 6.20 Å². The summed E-state index contributed by atoms with van der Waals surface area (Å²) in [5.41, 5.74) is 1.66. The smallest absolute Gasteiger partial charge is 0.423 e. The molecule has 0 saturated heterocycles. The quantitative estimate of drug-likeness (QED) is 0.623. The van der Waals surface area contributed by atoms with Crippen molar-refractivity contribution in [2.75, 3.05) is 0 Å². The first-order valence-electron chi connectivity index (χ1n) is 4.62. The molecule has 16 heavy (non-hydrogen) atoms. The van der Waals surface area contributed by atoms with Crippen LogP contribution in [0, 0.1) is 0 Å². The van der Waals surface area contributed by atoms with E-state index in [-0.39, 0.29) is 0 Å². The summed E-state index contributed by atoms with van der Waals surface area (Å²) in [6.07, 6.45) is 1.66. The van der Waals surface area contributed by atoms with Crippen LogP contribution in [0.15, 0.2) is 41.1 Å². The lowest BCUT2D eigenvalue weighted by Crippen LogP contribution is -2.30. The van der Waals surface area contributed by atoms with E-state index in [1.54, 1.807) is 18.3 Å². The molecule has 0 atom stereocenters. The molecule has 0 aromatic carbocycles. The second-order valence-corrected chi connectivity index (χ2v) is 4.01. The van der Waals surface area contributed by atoms with Gasteiger partial charge in [-0.15, -0.1) is 0 Å². The van der Waals surface area contributed by atoms with Crippen molar-refractivity contribution in [3.05, 3.63) is 41.1 Å². The molecule has 2 aromatic heterocycles. The summed E-state index contributed by atoms with van der Waals surface area (Å²) in [6.45, 7) is 0. The molecule has 80 valence electrons. The van der Waals surface area contributed by atoms with Crippen molar-refractivity contribution in [2.45, 2.75) is 0 Å². The van der Waals surface area contributed by atoms with E-state index in [9.17, 15) is 0 Å². The second kappa shape index (κ2) is 4.73. The van der Waals surface area contributed by atoms with E-state index < -0.39 is 7.12 Å². The van der Waals surface area contributed by atoms with Crippen molar-refractivity contribution in [1.29, 1.82) is 0 Å². The second-order valence-electron chi connectivity index (χ2n) is 3.20. The Balaban J connectivity index is 2.50. The lowest BCUT2D eigenvalue weighted by molar-refractivity contribution is 0.425. The van der Waals surface area contributed by atoms with Crippen LogP contribution in [0.3, 0.4) is 0 Å². The predicted octanol–water partition coefficient (Wildman–Crippen LogP) is 0.586. The summed E-state index contributed by atoms with van der Waals surface area (Å²) < 4.78 is 0.541. The van der Waals surface area contributed by atoms with Crippen LogP contribution in [0.1, 0.15) is 0 Å². The molecule has 0 aliphatic rings. The van der Waals surface area contributed by atoms with Crippen LogP contribution in [0.5, 0.6) is 0 Å². The van der Waals surface area contributed by atoms with Gasteiger partial charge >= 0.3 is 7.12 Å². The van der Waals surface area contributed by atoms with E-state index in [2.05, 4.69) is 25.9 Å². The van der Waals surface area contributed by atoms with Gasteiger partial charge in [-0.05, 0) is 45.7 Å². The van der Waals surface area contributed by atoms with Crippen molar-refractivity contribution >= 4 is 28.5 Å². The van der Waals surface area contributed by atoms with Gasteiger partial charge in [0.05, 0.1) is 11.4 Å². The average molecular weight is 279 g/mol. The number of halogens is 1. The third-order valence-electron chi connectivity index (χ3n) is 2.04. The van der Waals surface area contributed by atoms with Gasteiger partial charge < -0.3 is 10.0 Å². The topological polar surface area (TPSA) is 66.2 Å². The summed E-state index contributed by atoms with van der Waals surface area (Å²) in [5.74, 6) is 0. The first-order chi connectivity index (χ1) is 7.66. The molecule has 0 spiro atoms. The molecule has 2 N–H and O–H groups in total. The Labute approximate surface area is 101 Å². The zero-order valence-electron chi connectivity index (χ0n) is 8.21.